The summed E-state index contributed by atoms with van der Waals surface area (Å²) in [7, 11) is 0. The molecule has 0 aliphatic heterocycles. The van der Waals surface area contributed by atoms with Crippen molar-refractivity contribution in [1.29, 1.82) is 0 Å². The van der Waals surface area contributed by atoms with Crippen molar-refractivity contribution in [3.63, 3.8) is 0 Å². The van der Waals surface area contributed by atoms with Crippen LogP contribution in [0.3, 0.4) is 0 Å². The number of rotatable bonds is 5. The molecule has 0 aliphatic rings. The Balaban J connectivity index is 2.33. The summed E-state index contributed by atoms with van der Waals surface area (Å²) in [5.41, 5.74) is 0.798. The first kappa shape index (κ1) is 13.2. The van der Waals surface area contributed by atoms with Gasteiger partial charge in [0.2, 0.25) is 0 Å². The standard InChI is InChI=1S/C10H10BrN3O3S/c1-2-14-9(6-3-4-17-8(6)11)12-13-10(14)18-5-7(15)16/h3-4H,2,5H2,1H3,(H,15,16). The van der Waals surface area contributed by atoms with Gasteiger partial charge in [0, 0.05) is 6.54 Å². The fourth-order valence-electron chi connectivity index (χ4n) is 1.46. The van der Waals surface area contributed by atoms with Crippen LogP contribution >= 0.6 is 27.7 Å². The van der Waals surface area contributed by atoms with Gasteiger partial charge >= 0.3 is 5.97 Å². The van der Waals surface area contributed by atoms with Gasteiger partial charge in [0.1, 0.15) is 0 Å². The summed E-state index contributed by atoms with van der Waals surface area (Å²) in [5, 5.41) is 17.3. The van der Waals surface area contributed by atoms with Crippen LogP contribution in [0.4, 0.5) is 0 Å². The molecule has 0 saturated carbocycles. The smallest absolute Gasteiger partial charge is 0.313 e. The van der Waals surface area contributed by atoms with Crippen LogP contribution in [-0.4, -0.2) is 31.6 Å². The van der Waals surface area contributed by atoms with Crippen molar-refractivity contribution < 1.29 is 14.3 Å². The van der Waals surface area contributed by atoms with Crippen molar-refractivity contribution in [3.05, 3.63) is 17.0 Å². The molecule has 0 bridgehead atoms. The van der Waals surface area contributed by atoms with Crippen molar-refractivity contribution in [2.75, 3.05) is 5.75 Å². The van der Waals surface area contributed by atoms with E-state index in [-0.39, 0.29) is 5.75 Å². The van der Waals surface area contributed by atoms with Gasteiger partial charge in [-0.05, 0) is 28.9 Å². The second kappa shape index (κ2) is 5.57. The maximum absolute atomic E-state index is 10.6. The molecule has 2 aromatic heterocycles. The molecular formula is C10H10BrN3O3S. The van der Waals surface area contributed by atoms with Crippen LogP contribution in [0.5, 0.6) is 0 Å². The van der Waals surface area contributed by atoms with Crippen LogP contribution in [-0.2, 0) is 11.3 Å². The van der Waals surface area contributed by atoms with E-state index < -0.39 is 5.97 Å². The lowest BCUT2D eigenvalue weighted by Gasteiger charge is -2.05. The van der Waals surface area contributed by atoms with Gasteiger partial charge in [0.15, 0.2) is 15.7 Å². The van der Waals surface area contributed by atoms with E-state index in [4.69, 9.17) is 9.52 Å². The summed E-state index contributed by atoms with van der Waals surface area (Å²) < 4.78 is 7.59. The van der Waals surface area contributed by atoms with Gasteiger partial charge in [0.05, 0.1) is 17.6 Å². The molecular weight excluding hydrogens is 322 g/mol. The maximum atomic E-state index is 10.6. The predicted molar refractivity (Wildman–Crippen MR) is 69.5 cm³/mol. The highest BCUT2D eigenvalue weighted by atomic mass is 79.9. The summed E-state index contributed by atoms with van der Waals surface area (Å²) in [6.45, 7) is 2.60. The lowest BCUT2D eigenvalue weighted by atomic mass is 10.3. The largest absolute Gasteiger partial charge is 0.481 e. The number of aliphatic carboxylic acids is 1. The van der Waals surface area contributed by atoms with Gasteiger partial charge in [-0.2, -0.15) is 0 Å². The monoisotopic (exact) mass is 331 g/mol. The average Bonchev–Trinajstić information content (AvgIpc) is 2.91. The van der Waals surface area contributed by atoms with Crippen molar-refractivity contribution in [3.8, 4) is 11.4 Å². The highest BCUT2D eigenvalue weighted by Gasteiger charge is 2.17. The molecule has 2 heterocycles. The van der Waals surface area contributed by atoms with E-state index in [2.05, 4.69) is 26.1 Å². The van der Waals surface area contributed by atoms with Crippen LogP contribution in [0, 0.1) is 0 Å². The van der Waals surface area contributed by atoms with Crippen molar-refractivity contribution in [2.45, 2.75) is 18.6 Å². The van der Waals surface area contributed by atoms with E-state index >= 15 is 0 Å². The summed E-state index contributed by atoms with van der Waals surface area (Å²) in [6, 6.07) is 1.78. The molecule has 2 rings (SSSR count). The number of hydrogen-bond acceptors (Lipinski definition) is 5. The van der Waals surface area contributed by atoms with Crippen LogP contribution < -0.4 is 0 Å². The molecule has 18 heavy (non-hydrogen) atoms. The highest BCUT2D eigenvalue weighted by Crippen LogP contribution is 2.30. The Morgan fingerprint density at radius 1 is 1.61 bits per heavy atom. The van der Waals surface area contributed by atoms with Crippen molar-refractivity contribution in [1.82, 2.24) is 14.8 Å². The minimum Gasteiger partial charge on any atom is -0.481 e. The minimum absolute atomic E-state index is 0.0370. The number of carboxylic acid groups (broad SMARTS) is 1. The third-order valence-corrected chi connectivity index (χ3v) is 3.78. The molecule has 8 heteroatoms. The lowest BCUT2D eigenvalue weighted by molar-refractivity contribution is -0.133. The van der Waals surface area contributed by atoms with Crippen molar-refractivity contribution in [2.24, 2.45) is 0 Å². The second-order valence-electron chi connectivity index (χ2n) is 3.34. The van der Waals surface area contributed by atoms with Crippen LogP contribution in [0.15, 0.2) is 26.6 Å². The molecule has 0 fully saturated rings. The lowest BCUT2D eigenvalue weighted by Crippen LogP contribution is -2.03. The van der Waals surface area contributed by atoms with E-state index in [0.717, 1.165) is 17.3 Å². The van der Waals surface area contributed by atoms with Crippen molar-refractivity contribution >= 4 is 33.7 Å². The number of aromatic nitrogens is 3. The number of carboxylic acids is 1. The maximum Gasteiger partial charge on any atom is 0.313 e. The van der Waals surface area contributed by atoms with E-state index in [1.807, 2.05) is 11.5 Å². The first-order chi connectivity index (χ1) is 8.63. The second-order valence-corrected chi connectivity index (χ2v) is 5.00. The number of nitrogens with zero attached hydrogens (tertiary/aromatic N) is 3. The zero-order valence-electron chi connectivity index (χ0n) is 9.46. The first-order valence-electron chi connectivity index (χ1n) is 5.14. The zero-order valence-corrected chi connectivity index (χ0v) is 11.9. The topological polar surface area (TPSA) is 81.2 Å². The fraction of sp³-hybridized carbons (Fsp3) is 0.300. The molecule has 96 valence electrons. The first-order valence-corrected chi connectivity index (χ1v) is 6.92. The molecule has 0 amide bonds. The van der Waals surface area contributed by atoms with Gasteiger partial charge in [0.25, 0.3) is 0 Å². The normalized spacial score (nSPS) is 10.8. The Morgan fingerprint density at radius 3 is 2.94 bits per heavy atom. The summed E-state index contributed by atoms with van der Waals surface area (Å²) >= 11 is 4.44. The van der Waals surface area contributed by atoms with Crippen LogP contribution in [0.25, 0.3) is 11.4 Å². The summed E-state index contributed by atoms with van der Waals surface area (Å²) in [5.74, 6) is -0.257. The molecule has 0 atom stereocenters. The van der Waals surface area contributed by atoms with Gasteiger partial charge in [-0.25, -0.2) is 0 Å². The number of furan rings is 1. The number of halogens is 1. The Morgan fingerprint density at radius 2 is 2.39 bits per heavy atom. The molecule has 0 aliphatic carbocycles. The van der Waals surface area contributed by atoms with E-state index in [1.54, 1.807) is 12.3 Å². The summed E-state index contributed by atoms with van der Waals surface area (Å²) in [6.07, 6.45) is 1.55. The zero-order chi connectivity index (χ0) is 13.1. The molecule has 2 aromatic rings. The molecule has 0 saturated heterocycles. The highest BCUT2D eigenvalue weighted by molar-refractivity contribution is 9.10. The van der Waals surface area contributed by atoms with Gasteiger partial charge in [-0.15, -0.1) is 10.2 Å². The third kappa shape index (κ3) is 2.59. The van der Waals surface area contributed by atoms with Gasteiger partial charge in [-0.3, -0.25) is 4.79 Å². The number of carbonyl (C=O) groups is 1. The molecule has 0 unspecified atom stereocenters. The van der Waals surface area contributed by atoms with E-state index in [0.29, 0.717) is 22.2 Å². The molecule has 0 spiro atoms. The van der Waals surface area contributed by atoms with Crippen LogP contribution in [0.1, 0.15) is 6.92 Å². The SMILES string of the molecule is CCn1c(SCC(=O)O)nnc1-c1ccoc1Br. The Kier molecular flexibility index (Phi) is 4.07. The quantitative estimate of drug-likeness (QED) is 0.847. The molecule has 0 aromatic carbocycles. The Bertz CT molecular complexity index is 566. The number of hydrogen-bond donors (Lipinski definition) is 1. The molecule has 1 N–H and O–H groups in total. The average molecular weight is 332 g/mol. The Labute approximate surface area is 116 Å². The molecule has 6 nitrogen and oxygen atoms in total. The molecule has 0 radical (unpaired) electrons. The minimum atomic E-state index is -0.878. The number of thioether (sulfide) groups is 1. The van der Waals surface area contributed by atoms with Gasteiger partial charge in [-0.1, -0.05) is 11.8 Å². The van der Waals surface area contributed by atoms with E-state index in [1.165, 1.54) is 0 Å². The van der Waals surface area contributed by atoms with Crippen LogP contribution in [0.2, 0.25) is 0 Å². The third-order valence-electron chi connectivity index (χ3n) is 2.22. The van der Waals surface area contributed by atoms with E-state index in [9.17, 15) is 4.79 Å². The van der Waals surface area contributed by atoms with Gasteiger partial charge < -0.3 is 14.1 Å². The fourth-order valence-corrected chi connectivity index (χ4v) is 2.60. The predicted octanol–water partition coefficient (Wildman–Crippen LogP) is 2.50. The Hall–Kier alpha value is -1.28. The summed E-state index contributed by atoms with van der Waals surface area (Å²) in [4.78, 5) is 10.6.